The Morgan fingerprint density at radius 3 is 0.954 bits per heavy atom. The fourth-order valence-corrected chi connectivity index (χ4v) is 6.61. The van der Waals surface area contributed by atoms with Crippen molar-refractivity contribution in [2.45, 2.75) is 219 Å². The van der Waals surface area contributed by atoms with Gasteiger partial charge in [0.25, 0.3) is 0 Å². The number of hydrogen-bond acceptors (Lipinski definition) is 6. The zero-order valence-electron chi connectivity index (χ0n) is 41.7. The molecule has 0 amide bonds. The van der Waals surface area contributed by atoms with Crippen molar-refractivity contribution >= 4 is 17.9 Å². The van der Waals surface area contributed by atoms with Crippen molar-refractivity contribution in [1.82, 2.24) is 0 Å². The summed E-state index contributed by atoms with van der Waals surface area (Å²) in [6.07, 6.45) is 72.0. The molecular weight excluding hydrogens is 805 g/mol. The maximum Gasteiger partial charge on any atom is 0.306 e. The van der Waals surface area contributed by atoms with Gasteiger partial charge in [0, 0.05) is 19.3 Å². The fraction of sp³-hybridized carbons (Fsp3) is 0.610. The summed E-state index contributed by atoms with van der Waals surface area (Å²) in [6.45, 7) is 6.30. The van der Waals surface area contributed by atoms with Crippen LogP contribution in [0.3, 0.4) is 0 Å². The highest BCUT2D eigenvalue weighted by Gasteiger charge is 2.19. The van der Waals surface area contributed by atoms with E-state index in [9.17, 15) is 14.4 Å². The Labute approximate surface area is 399 Å². The van der Waals surface area contributed by atoms with Crippen LogP contribution in [0.2, 0.25) is 0 Å². The Kier molecular flexibility index (Phi) is 49.1. The van der Waals surface area contributed by atoms with Gasteiger partial charge in [0.05, 0.1) is 0 Å². The highest BCUT2D eigenvalue weighted by atomic mass is 16.6. The average molecular weight is 899 g/mol. The van der Waals surface area contributed by atoms with Crippen LogP contribution in [0.1, 0.15) is 213 Å². The topological polar surface area (TPSA) is 78.9 Å². The molecule has 0 N–H and O–H groups in total. The molecular formula is C59H94O6. The van der Waals surface area contributed by atoms with Crippen LogP contribution in [0.4, 0.5) is 0 Å². The highest BCUT2D eigenvalue weighted by molar-refractivity contribution is 5.71. The molecule has 0 radical (unpaired) electrons. The molecule has 0 aliphatic carbocycles. The summed E-state index contributed by atoms with van der Waals surface area (Å²) in [5, 5.41) is 0. The number of carbonyl (C=O) groups excluding carboxylic acids is 3. The fourth-order valence-electron chi connectivity index (χ4n) is 6.61. The predicted molar refractivity (Wildman–Crippen MR) is 279 cm³/mol. The number of allylic oxidation sites excluding steroid dienone is 20. The van der Waals surface area contributed by atoms with Crippen LogP contribution in [0.5, 0.6) is 0 Å². The summed E-state index contributed by atoms with van der Waals surface area (Å²) < 4.78 is 16.7. The van der Waals surface area contributed by atoms with Crippen LogP contribution in [0, 0.1) is 0 Å². The van der Waals surface area contributed by atoms with Gasteiger partial charge in [-0.3, -0.25) is 14.4 Å². The largest absolute Gasteiger partial charge is 0.462 e. The first-order chi connectivity index (χ1) is 32.0. The van der Waals surface area contributed by atoms with Gasteiger partial charge >= 0.3 is 17.9 Å². The quantitative estimate of drug-likeness (QED) is 0.0262. The Morgan fingerprint density at radius 1 is 0.323 bits per heavy atom. The monoisotopic (exact) mass is 899 g/mol. The molecule has 0 rings (SSSR count). The van der Waals surface area contributed by atoms with Gasteiger partial charge in [-0.2, -0.15) is 0 Å². The number of esters is 3. The SMILES string of the molecule is CC/C=C\C/C=C\C/C=C\C/C=C\C/C=C\CCCCCCCC(=O)OCC(COC(=O)CCCCCCCCC)OC(=O)CCCCC/C=C\C/C=C\C/C=C\C/C=C\C/C=C\CC. The van der Waals surface area contributed by atoms with Gasteiger partial charge < -0.3 is 14.2 Å². The van der Waals surface area contributed by atoms with E-state index in [4.69, 9.17) is 14.2 Å². The Balaban J connectivity index is 4.38. The molecule has 1 atom stereocenters. The average Bonchev–Trinajstić information content (AvgIpc) is 3.30. The molecule has 0 aromatic rings. The van der Waals surface area contributed by atoms with Gasteiger partial charge in [-0.25, -0.2) is 0 Å². The van der Waals surface area contributed by atoms with E-state index in [0.717, 1.165) is 148 Å². The molecule has 0 saturated heterocycles. The minimum Gasteiger partial charge on any atom is -0.462 e. The van der Waals surface area contributed by atoms with E-state index >= 15 is 0 Å². The van der Waals surface area contributed by atoms with Gasteiger partial charge in [-0.1, -0.05) is 206 Å². The maximum atomic E-state index is 12.8. The summed E-state index contributed by atoms with van der Waals surface area (Å²) in [5.74, 6) is -0.967. The van der Waals surface area contributed by atoms with Crippen molar-refractivity contribution in [1.29, 1.82) is 0 Å². The van der Waals surface area contributed by atoms with Crippen LogP contribution < -0.4 is 0 Å². The number of unbranched alkanes of at least 4 members (excludes halogenated alkanes) is 14. The minimum atomic E-state index is -0.804. The second-order valence-electron chi connectivity index (χ2n) is 16.7. The van der Waals surface area contributed by atoms with Gasteiger partial charge in [0.15, 0.2) is 6.10 Å². The standard InChI is InChI=1S/C59H94O6/c1-4-7-10-13-16-18-20-22-24-26-28-29-31-32-34-36-38-40-43-46-49-52-58(61)64-55-56(54-63-57(60)51-48-45-42-15-12-9-6-3)65-59(62)53-50-47-44-41-39-37-35-33-30-27-25-23-21-19-17-14-11-8-5-2/h7-8,10-11,16-19,22-25,28-30,32-34,37,39,56H,4-6,9,12-15,20-21,26-27,31,35-36,38,40-55H2,1-3H3/b10-7-,11-8-,18-16-,19-17-,24-22-,25-23-,29-28-,33-30-,34-32-,39-37-. The van der Waals surface area contributed by atoms with Gasteiger partial charge in [0.2, 0.25) is 0 Å². The molecule has 0 aliphatic heterocycles. The molecule has 0 aliphatic rings. The summed E-state index contributed by atoms with van der Waals surface area (Å²) in [5.41, 5.74) is 0. The molecule has 0 heterocycles. The molecule has 0 aromatic heterocycles. The summed E-state index contributed by atoms with van der Waals surface area (Å²) >= 11 is 0. The van der Waals surface area contributed by atoms with E-state index in [1.54, 1.807) is 0 Å². The third-order valence-corrected chi connectivity index (χ3v) is 10.5. The number of carbonyl (C=O) groups is 3. The minimum absolute atomic E-state index is 0.101. The van der Waals surface area contributed by atoms with Gasteiger partial charge in [0.1, 0.15) is 13.2 Å². The van der Waals surface area contributed by atoms with Crippen molar-refractivity contribution in [2.24, 2.45) is 0 Å². The lowest BCUT2D eigenvalue weighted by molar-refractivity contribution is -0.167. The Hall–Kier alpha value is -4.19. The van der Waals surface area contributed by atoms with E-state index in [1.807, 2.05) is 0 Å². The van der Waals surface area contributed by atoms with Crippen LogP contribution in [0.15, 0.2) is 122 Å². The van der Waals surface area contributed by atoms with Crippen LogP contribution in [-0.2, 0) is 28.6 Å². The second kappa shape index (κ2) is 52.4. The van der Waals surface area contributed by atoms with Gasteiger partial charge in [-0.15, -0.1) is 0 Å². The Morgan fingerprint density at radius 2 is 0.600 bits per heavy atom. The van der Waals surface area contributed by atoms with Crippen LogP contribution >= 0.6 is 0 Å². The van der Waals surface area contributed by atoms with E-state index in [1.165, 1.54) is 25.7 Å². The molecule has 6 nitrogen and oxygen atoms in total. The van der Waals surface area contributed by atoms with Crippen molar-refractivity contribution in [2.75, 3.05) is 13.2 Å². The summed E-state index contributed by atoms with van der Waals surface area (Å²) in [6, 6.07) is 0. The summed E-state index contributed by atoms with van der Waals surface area (Å²) in [7, 11) is 0. The lowest BCUT2D eigenvalue weighted by Crippen LogP contribution is -2.30. The normalized spacial score (nSPS) is 13.1. The number of ether oxygens (including phenoxy) is 3. The highest BCUT2D eigenvalue weighted by Crippen LogP contribution is 2.12. The van der Waals surface area contributed by atoms with Crippen molar-refractivity contribution in [3.8, 4) is 0 Å². The van der Waals surface area contributed by atoms with E-state index < -0.39 is 6.10 Å². The van der Waals surface area contributed by atoms with Gasteiger partial charge in [-0.05, 0) is 109 Å². The van der Waals surface area contributed by atoms with Crippen LogP contribution in [-0.4, -0.2) is 37.2 Å². The molecule has 366 valence electrons. The second-order valence-corrected chi connectivity index (χ2v) is 16.7. The molecule has 0 spiro atoms. The van der Waals surface area contributed by atoms with Crippen molar-refractivity contribution < 1.29 is 28.6 Å². The molecule has 65 heavy (non-hydrogen) atoms. The zero-order chi connectivity index (χ0) is 47.2. The zero-order valence-corrected chi connectivity index (χ0v) is 41.7. The molecule has 6 heteroatoms. The lowest BCUT2D eigenvalue weighted by atomic mass is 10.1. The first kappa shape index (κ1) is 60.8. The molecule has 0 aromatic carbocycles. The molecule has 0 saturated carbocycles. The number of hydrogen-bond donors (Lipinski definition) is 0. The number of rotatable bonds is 45. The molecule has 0 fully saturated rings. The Bertz CT molecular complexity index is 1400. The maximum absolute atomic E-state index is 12.8. The van der Waals surface area contributed by atoms with Crippen molar-refractivity contribution in [3.05, 3.63) is 122 Å². The first-order valence-corrected chi connectivity index (χ1v) is 26.0. The smallest absolute Gasteiger partial charge is 0.306 e. The first-order valence-electron chi connectivity index (χ1n) is 26.0. The third kappa shape index (κ3) is 50.7. The molecule has 1 unspecified atom stereocenters. The summed E-state index contributed by atoms with van der Waals surface area (Å²) in [4.78, 5) is 37.8. The van der Waals surface area contributed by atoms with Crippen LogP contribution in [0.25, 0.3) is 0 Å². The third-order valence-electron chi connectivity index (χ3n) is 10.5. The lowest BCUT2D eigenvalue weighted by Gasteiger charge is -2.18. The van der Waals surface area contributed by atoms with Crippen molar-refractivity contribution in [3.63, 3.8) is 0 Å². The van der Waals surface area contributed by atoms with E-state index in [-0.39, 0.29) is 37.5 Å². The predicted octanol–water partition coefficient (Wildman–Crippen LogP) is 17.3. The molecule has 0 bridgehead atoms. The van der Waals surface area contributed by atoms with E-state index in [2.05, 4.69) is 142 Å². The van der Waals surface area contributed by atoms with E-state index in [0.29, 0.717) is 12.8 Å².